The molecule has 2 unspecified atom stereocenters. The number of carbonyl (C=O) groups excluding carboxylic acids is 1. The van der Waals surface area contributed by atoms with Gasteiger partial charge in [0.2, 0.25) is 5.91 Å². The van der Waals surface area contributed by atoms with E-state index in [1.54, 1.807) is 0 Å². The van der Waals surface area contributed by atoms with E-state index in [1.165, 1.54) is 12.0 Å². The highest BCUT2D eigenvalue weighted by Crippen LogP contribution is 2.27. The second-order valence-electron chi connectivity index (χ2n) is 5.98. The molecule has 0 radical (unpaired) electrons. The van der Waals surface area contributed by atoms with Crippen LogP contribution >= 0.6 is 0 Å². The van der Waals surface area contributed by atoms with Gasteiger partial charge in [0.15, 0.2) is 0 Å². The van der Waals surface area contributed by atoms with Crippen LogP contribution < -0.4 is 10.6 Å². The van der Waals surface area contributed by atoms with E-state index in [2.05, 4.69) is 48.7 Å². The molecule has 1 heterocycles. The Balaban J connectivity index is 2.10. The number of carbonyl (C=O) groups is 1. The van der Waals surface area contributed by atoms with Crippen LogP contribution in [0.5, 0.6) is 0 Å². The van der Waals surface area contributed by atoms with Gasteiger partial charge >= 0.3 is 0 Å². The summed E-state index contributed by atoms with van der Waals surface area (Å²) in [4.78, 5) is 12.5. The van der Waals surface area contributed by atoms with Crippen LogP contribution in [-0.2, 0) is 4.79 Å². The first-order chi connectivity index (χ1) is 10.3. The van der Waals surface area contributed by atoms with Crippen LogP contribution in [0.15, 0.2) is 30.3 Å². The molecule has 1 fully saturated rings. The molecule has 1 aromatic carbocycles. The van der Waals surface area contributed by atoms with Gasteiger partial charge in [-0.2, -0.15) is 0 Å². The lowest BCUT2D eigenvalue weighted by atomic mass is 9.88. The van der Waals surface area contributed by atoms with E-state index in [9.17, 15) is 4.79 Å². The summed E-state index contributed by atoms with van der Waals surface area (Å²) in [6.45, 7) is 5.36. The molecular weight excluding hydrogens is 260 g/mol. The summed E-state index contributed by atoms with van der Waals surface area (Å²) in [5, 5.41) is 6.64. The predicted molar refractivity (Wildman–Crippen MR) is 87.0 cm³/mol. The number of amides is 1. The van der Waals surface area contributed by atoms with Crippen molar-refractivity contribution in [2.45, 2.75) is 58.0 Å². The van der Waals surface area contributed by atoms with Crippen molar-refractivity contribution in [3.05, 3.63) is 35.9 Å². The molecule has 1 aliphatic heterocycles. The monoisotopic (exact) mass is 288 g/mol. The minimum absolute atomic E-state index is 0.0145. The first-order valence-electron chi connectivity index (χ1n) is 8.35. The molecule has 3 heteroatoms. The lowest BCUT2D eigenvalue weighted by molar-refractivity contribution is -0.124. The Bertz CT molecular complexity index is 422. The van der Waals surface area contributed by atoms with Crippen LogP contribution in [0.1, 0.15) is 57.6 Å². The molecule has 0 aromatic heterocycles. The smallest absolute Gasteiger partial charge is 0.237 e. The summed E-state index contributed by atoms with van der Waals surface area (Å²) < 4.78 is 0. The van der Waals surface area contributed by atoms with Gasteiger partial charge in [0.05, 0.1) is 12.1 Å². The fourth-order valence-electron chi connectivity index (χ4n) is 3.22. The molecular formula is C18H28N2O. The average Bonchev–Trinajstić information content (AvgIpc) is 2.56. The van der Waals surface area contributed by atoms with Gasteiger partial charge in [-0.15, -0.1) is 0 Å². The number of rotatable bonds is 6. The minimum atomic E-state index is -0.0145. The quantitative estimate of drug-likeness (QED) is 0.842. The second-order valence-corrected chi connectivity index (χ2v) is 5.98. The molecule has 2 atom stereocenters. The van der Waals surface area contributed by atoms with E-state index in [-0.39, 0.29) is 18.0 Å². The van der Waals surface area contributed by atoms with Crippen molar-refractivity contribution in [3.8, 4) is 0 Å². The Kier molecular flexibility index (Phi) is 6.24. The third-order valence-electron chi connectivity index (χ3n) is 4.60. The van der Waals surface area contributed by atoms with Crippen LogP contribution in [0, 0.1) is 5.92 Å². The van der Waals surface area contributed by atoms with Gasteiger partial charge in [0.25, 0.3) is 0 Å². The Hall–Kier alpha value is -1.35. The molecule has 0 aliphatic carbocycles. The topological polar surface area (TPSA) is 41.1 Å². The van der Waals surface area contributed by atoms with Crippen LogP contribution in [0.4, 0.5) is 0 Å². The summed E-state index contributed by atoms with van der Waals surface area (Å²) in [7, 11) is 0. The van der Waals surface area contributed by atoms with E-state index < -0.39 is 0 Å². The molecule has 1 saturated heterocycles. The number of benzene rings is 1. The second kappa shape index (κ2) is 8.18. The zero-order valence-electron chi connectivity index (χ0n) is 13.3. The van der Waals surface area contributed by atoms with E-state index in [0.717, 1.165) is 32.2 Å². The zero-order valence-corrected chi connectivity index (χ0v) is 13.3. The fraction of sp³-hybridized carbons (Fsp3) is 0.611. The van der Waals surface area contributed by atoms with Crippen molar-refractivity contribution >= 4 is 5.91 Å². The van der Waals surface area contributed by atoms with Crippen LogP contribution in [0.25, 0.3) is 0 Å². The molecule has 3 nitrogen and oxygen atoms in total. The molecule has 0 bridgehead atoms. The normalized spacial score (nSPS) is 20.2. The summed E-state index contributed by atoms with van der Waals surface area (Å²) >= 11 is 0. The van der Waals surface area contributed by atoms with Crippen molar-refractivity contribution < 1.29 is 4.79 Å². The highest BCUT2D eigenvalue weighted by molar-refractivity contribution is 5.82. The van der Waals surface area contributed by atoms with Crippen molar-refractivity contribution in [3.63, 3.8) is 0 Å². The summed E-state index contributed by atoms with van der Waals surface area (Å²) in [5.74, 6) is 0.649. The Morgan fingerprint density at radius 3 is 2.52 bits per heavy atom. The standard InChI is InChI=1S/C18H28N2O/c1-3-14(4-2)17(15-10-6-5-7-11-15)20-18(21)16-12-8-9-13-19-16/h5-7,10-11,14,16-17,19H,3-4,8-9,12-13H2,1-2H3,(H,20,21). The molecule has 1 aromatic rings. The maximum absolute atomic E-state index is 12.5. The number of nitrogens with one attached hydrogen (secondary N) is 2. The third-order valence-corrected chi connectivity index (χ3v) is 4.60. The van der Waals surface area contributed by atoms with Gasteiger partial charge < -0.3 is 10.6 Å². The van der Waals surface area contributed by atoms with Crippen LogP contribution in [0.3, 0.4) is 0 Å². The van der Waals surface area contributed by atoms with E-state index in [4.69, 9.17) is 0 Å². The largest absolute Gasteiger partial charge is 0.348 e. The van der Waals surface area contributed by atoms with Crippen LogP contribution in [0.2, 0.25) is 0 Å². The maximum Gasteiger partial charge on any atom is 0.237 e. The zero-order chi connectivity index (χ0) is 15.1. The fourth-order valence-corrected chi connectivity index (χ4v) is 3.22. The van der Waals surface area contributed by atoms with Crippen molar-refractivity contribution in [1.82, 2.24) is 10.6 Å². The summed E-state index contributed by atoms with van der Waals surface area (Å²) in [6, 6.07) is 10.5. The molecule has 2 rings (SSSR count). The van der Waals surface area contributed by atoms with Gasteiger partial charge in [0, 0.05) is 0 Å². The van der Waals surface area contributed by atoms with Crippen molar-refractivity contribution in [2.75, 3.05) is 6.54 Å². The van der Waals surface area contributed by atoms with Gasteiger partial charge in [0.1, 0.15) is 0 Å². The SMILES string of the molecule is CCC(CC)C(NC(=O)C1CCCCN1)c1ccccc1. The number of hydrogen-bond acceptors (Lipinski definition) is 2. The molecule has 1 amide bonds. The first kappa shape index (κ1) is 16.0. The molecule has 1 aliphatic rings. The Morgan fingerprint density at radius 2 is 1.95 bits per heavy atom. The van der Waals surface area contributed by atoms with E-state index in [0.29, 0.717) is 5.92 Å². The van der Waals surface area contributed by atoms with Gasteiger partial charge in [-0.1, -0.05) is 63.4 Å². The first-order valence-corrected chi connectivity index (χ1v) is 8.35. The molecule has 0 spiro atoms. The highest BCUT2D eigenvalue weighted by atomic mass is 16.2. The Morgan fingerprint density at radius 1 is 1.24 bits per heavy atom. The van der Waals surface area contributed by atoms with Crippen molar-refractivity contribution in [1.29, 1.82) is 0 Å². The van der Waals surface area contributed by atoms with Gasteiger partial charge in [-0.3, -0.25) is 4.79 Å². The predicted octanol–water partition coefficient (Wildman–Crippen LogP) is 3.42. The average molecular weight is 288 g/mol. The van der Waals surface area contributed by atoms with Crippen LogP contribution in [-0.4, -0.2) is 18.5 Å². The summed E-state index contributed by atoms with van der Waals surface area (Å²) in [6.07, 6.45) is 5.43. The van der Waals surface area contributed by atoms with Gasteiger partial charge in [-0.25, -0.2) is 0 Å². The van der Waals surface area contributed by atoms with Gasteiger partial charge in [-0.05, 0) is 30.9 Å². The molecule has 2 N–H and O–H groups in total. The molecule has 116 valence electrons. The summed E-state index contributed by atoms with van der Waals surface area (Å²) in [5.41, 5.74) is 1.22. The van der Waals surface area contributed by atoms with Crippen molar-refractivity contribution in [2.24, 2.45) is 5.92 Å². The third kappa shape index (κ3) is 4.31. The molecule has 0 saturated carbocycles. The number of piperidine rings is 1. The highest BCUT2D eigenvalue weighted by Gasteiger charge is 2.26. The lowest BCUT2D eigenvalue weighted by Gasteiger charge is -2.30. The lowest BCUT2D eigenvalue weighted by Crippen LogP contribution is -2.48. The maximum atomic E-state index is 12.5. The Labute approximate surface area is 128 Å². The van der Waals surface area contributed by atoms with E-state index in [1.807, 2.05) is 6.07 Å². The number of hydrogen-bond donors (Lipinski definition) is 2. The molecule has 21 heavy (non-hydrogen) atoms. The van der Waals surface area contributed by atoms with E-state index >= 15 is 0 Å². The minimum Gasteiger partial charge on any atom is -0.348 e.